The van der Waals surface area contributed by atoms with E-state index in [0.717, 1.165) is 0 Å². The molecule has 0 saturated heterocycles. The van der Waals surface area contributed by atoms with Gasteiger partial charge in [-0.15, -0.1) is 0 Å². The molecule has 0 spiro atoms. The maximum atomic E-state index is 13.3. The second-order valence-electron chi connectivity index (χ2n) is 6.46. The number of dihydropyridines is 1. The van der Waals surface area contributed by atoms with Crippen molar-refractivity contribution in [2.75, 3.05) is 7.11 Å². The van der Waals surface area contributed by atoms with Gasteiger partial charge in [0, 0.05) is 41.5 Å². The highest BCUT2D eigenvalue weighted by Crippen LogP contribution is 2.40. The molecule has 1 atom stereocenters. The Kier molecular flexibility index (Phi) is 5.58. The number of allylic oxidation sites excluding steroid dienone is 3. The van der Waals surface area contributed by atoms with Gasteiger partial charge in [-0.1, -0.05) is 19.1 Å². The Hall–Kier alpha value is -3.75. The summed E-state index contributed by atoms with van der Waals surface area (Å²) in [6.07, 6.45) is 4.92. The fourth-order valence-electron chi connectivity index (χ4n) is 3.45. The predicted molar refractivity (Wildman–Crippen MR) is 104 cm³/mol. The van der Waals surface area contributed by atoms with E-state index in [4.69, 9.17) is 4.74 Å². The Labute approximate surface area is 166 Å². The van der Waals surface area contributed by atoms with E-state index in [1.54, 1.807) is 19.1 Å². The number of methoxy groups -OCH3 is 1. The molecule has 1 N–H and O–H groups in total. The van der Waals surface area contributed by atoms with Crippen molar-refractivity contribution < 1.29 is 19.2 Å². The summed E-state index contributed by atoms with van der Waals surface area (Å²) in [6.45, 7) is 3.63. The summed E-state index contributed by atoms with van der Waals surface area (Å²) in [4.78, 5) is 40.3. The second-order valence-corrected chi connectivity index (χ2v) is 6.46. The first-order valence-corrected chi connectivity index (χ1v) is 8.95. The van der Waals surface area contributed by atoms with E-state index in [9.17, 15) is 19.7 Å². The Morgan fingerprint density at radius 2 is 1.97 bits per heavy atom. The maximum absolute atomic E-state index is 13.3. The van der Waals surface area contributed by atoms with Crippen LogP contribution in [0.4, 0.5) is 5.69 Å². The lowest BCUT2D eigenvalue weighted by Crippen LogP contribution is -2.33. The Balaban J connectivity index is 2.22. The number of nitrogens with zero attached hydrogens (tertiary/aromatic N) is 3. The molecule has 3 rings (SSSR count). The molecule has 2 aromatic rings. The first-order chi connectivity index (χ1) is 13.9. The monoisotopic (exact) mass is 396 g/mol. The lowest BCUT2D eigenvalue weighted by molar-refractivity contribution is -0.384. The van der Waals surface area contributed by atoms with Gasteiger partial charge in [0.25, 0.3) is 11.6 Å². The summed E-state index contributed by atoms with van der Waals surface area (Å²) in [7, 11) is 1.27. The Morgan fingerprint density at radius 1 is 1.28 bits per heavy atom. The lowest BCUT2D eigenvalue weighted by atomic mass is 9.79. The third-order valence-corrected chi connectivity index (χ3v) is 4.81. The number of nitrogens with one attached hydrogen (secondary N) is 1. The number of nitro groups is 1. The number of rotatable bonds is 5. The van der Waals surface area contributed by atoms with Crippen LogP contribution in [0.1, 0.15) is 36.5 Å². The van der Waals surface area contributed by atoms with Crippen LogP contribution in [-0.4, -0.2) is 33.5 Å². The van der Waals surface area contributed by atoms with Gasteiger partial charge in [0.05, 0.1) is 23.5 Å². The third-order valence-electron chi connectivity index (χ3n) is 4.81. The van der Waals surface area contributed by atoms with Crippen LogP contribution in [0.15, 0.2) is 65.5 Å². The second kappa shape index (κ2) is 8.09. The maximum Gasteiger partial charge on any atom is 0.336 e. The highest BCUT2D eigenvalue weighted by atomic mass is 16.6. The van der Waals surface area contributed by atoms with E-state index < -0.39 is 16.8 Å². The number of ether oxygens (including phenoxy) is 1. The lowest BCUT2D eigenvalue weighted by Gasteiger charge is -2.31. The summed E-state index contributed by atoms with van der Waals surface area (Å²) in [5.74, 6) is -1.66. The minimum absolute atomic E-state index is 0.0785. The average Bonchev–Trinajstić information content (AvgIpc) is 3.26. The first kappa shape index (κ1) is 20.0. The smallest absolute Gasteiger partial charge is 0.336 e. The molecule has 150 valence electrons. The molecule has 0 radical (unpaired) electrons. The number of esters is 1. The molecule has 0 fully saturated rings. The summed E-state index contributed by atoms with van der Waals surface area (Å²) >= 11 is 0. The number of imidazole rings is 1. The van der Waals surface area contributed by atoms with E-state index in [1.165, 1.54) is 42.5 Å². The number of carbonyl (C=O) groups excluding carboxylic acids is 2. The van der Waals surface area contributed by atoms with Crippen molar-refractivity contribution in [1.29, 1.82) is 0 Å². The number of non-ortho nitro benzene ring substituents is 1. The van der Waals surface area contributed by atoms with Gasteiger partial charge >= 0.3 is 5.97 Å². The fraction of sp³-hybridized carbons (Fsp3) is 0.250. The number of benzene rings is 1. The van der Waals surface area contributed by atoms with Crippen molar-refractivity contribution in [1.82, 2.24) is 14.9 Å². The van der Waals surface area contributed by atoms with E-state index in [0.29, 0.717) is 29.0 Å². The van der Waals surface area contributed by atoms with Crippen molar-refractivity contribution in [3.05, 3.63) is 81.2 Å². The molecule has 1 unspecified atom stereocenters. The molecule has 1 aromatic heterocycles. The third kappa shape index (κ3) is 3.66. The zero-order chi connectivity index (χ0) is 21.1. The highest BCUT2D eigenvalue weighted by molar-refractivity contribution is 6.03. The summed E-state index contributed by atoms with van der Waals surface area (Å²) in [5, 5.41) is 14.2. The number of nitro benzene ring substituents is 1. The van der Waals surface area contributed by atoms with Gasteiger partial charge in [-0.3, -0.25) is 19.5 Å². The number of hydrogen-bond donors (Lipinski definition) is 1. The molecular formula is C20H20N4O5. The first-order valence-electron chi connectivity index (χ1n) is 8.95. The molecule has 1 aromatic carbocycles. The van der Waals surface area contributed by atoms with Gasteiger partial charge in [-0.05, 0) is 18.9 Å². The van der Waals surface area contributed by atoms with Crippen LogP contribution in [0, 0.1) is 10.1 Å². The van der Waals surface area contributed by atoms with Crippen LogP contribution in [0.3, 0.4) is 0 Å². The molecule has 0 aliphatic carbocycles. The SMILES string of the molecule is CCC1=C(C(=O)n2ccnc2)C(c2ccc([N+](=O)[O-])cc2)C(C(=O)OC)=C(C)N1. The molecule has 9 heteroatoms. The summed E-state index contributed by atoms with van der Waals surface area (Å²) in [6, 6.07) is 5.82. The highest BCUT2D eigenvalue weighted by Gasteiger charge is 2.38. The Morgan fingerprint density at radius 3 is 2.48 bits per heavy atom. The van der Waals surface area contributed by atoms with Crippen LogP contribution in [0.25, 0.3) is 0 Å². The minimum atomic E-state index is -0.741. The molecule has 1 aliphatic rings. The van der Waals surface area contributed by atoms with Crippen molar-refractivity contribution >= 4 is 17.6 Å². The van der Waals surface area contributed by atoms with Gasteiger partial charge in [0.1, 0.15) is 6.33 Å². The van der Waals surface area contributed by atoms with Gasteiger partial charge < -0.3 is 10.1 Å². The standard InChI is InChI=1S/C20H20N4O5/c1-4-15-18(19(25)23-10-9-21-11-23)17(16(12(2)22-15)20(26)29-3)13-5-7-14(8-6-13)24(27)28/h5-11,17,22H,4H2,1-3H3. The molecular weight excluding hydrogens is 376 g/mol. The average molecular weight is 396 g/mol. The molecule has 2 heterocycles. The fourth-order valence-corrected chi connectivity index (χ4v) is 3.45. The van der Waals surface area contributed by atoms with Crippen molar-refractivity contribution in [3.8, 4) is 0 Å². The molecule has 0 amide bonds. The normalized spacial score (nSPS) is 16.4. The van der Waals surface area contributed by atoms with Crippen molar-refractivity contribution in [2.45, 2.75) is 26.2 Å². The quantitative estimate of drug-likeness (QED) is 0.469. The predicted octanol–water partition coefficient (Wildman–Crippen LogP) is 2.93. The topological polar surface area (TPSA) is 116 Å². The van der Waals surface area contributed by atoms with E-state index in [2.05, 4.69) is 10.3 Å². The van der Waals surface area contributed by atoms with Gasteiger partial charge in [-0.2, -0.15) is 0 Å². The van der Waals surface area contributed by atoms with Gasteiger partial charge in [0.2, 0.25) is 0 Å². The molecule has 0 saturated carbocycles. The van der Waals surface area contributed by atoms with E-state index in [-0.39, 0.29) is 17.2 Å². The zero-order valence-electron chi connectivity index (χ0n) is 16.2. The molecule has 9 nitrogen and oxygen atoms in total. The number of aromatic nitrogens is 2. The zero-order valence-corrected chi connectivity index (χ0v) is 16.2. The van der Waals surface area contributed by atoms with Crippen LogP contribution in [0.5, 0.6) is 0 Å². The Bertz CT molecular complexity index is 1020. The number of hydrogen-bond acceptors (Lipinski definition) is 7. The van der Waals surface area contributed by atoms with E-state index >= 15 is 0 Å². The number of carbonyl (C=O) groups is 2. The van der Waals surface area contributed by atoms with Crippen molar-refractivity contribution in [3.63, 3.8) is 0 Å². The molecule has 1 aliphatic heterocycles. The van der Waals surface area contributed by atoms with Gasteiger partial charge in [-0.25, -0.2) is 9.78 Å². The molecule has 0 bridgehead atoms. The van der Waals surface area contributed by atoms with Gasteiger partial charge in [0.15, 0.2) is 0 Å². The molecule has 29 heavy (non-hydrogen) atoms. The van der Waals surface area contributed by atoms with Crippen molar-refractivity contribution in [2.24, 2.45) is 0 Å². The summed E-state index contributed by atoms with van der Waals surface area (Å²) in [5.41, 5.74) is 2.38. The van der Waals surface area contributed by atoms with E-state index in [1.807, 2.05) is 6.92 Å². The van der Waals surface area contributed by atoms with Crippen LogP contribution < -0.4 is 5.32 Å². The minimum Gasteiger partial charge on any atom is -0.466 e. The van der Waals surface area contributed by atoms with Crippen LogP contribution in [-0.2, 0) is 9.53 Å². The van der Waals surface area contributed by atoms with Crippen LogP contribution in [0.2, 0.25) is 0 Å². The van der Waals surface area contributed by atoms with Crippen LogP contribution >= 0.6 is 0 Å². The summed E-state index contributed by atoms with van der Waals surface area (Å²) < 4.78 is 6.30. The largest absolute Gasteiger partial charge is 0.466 e.